The minimum absolute atomic E-state index is 0.0767. The monoisotopic (exact) mass is 324 g/mol. The Labute approximate surface area is 133 Å². The Morgan fingerprint density at radius 2 is 2.09 bits per heavy atom. The lowest BCUT2D eigenvalue weighted by molar-refractivity contribution is -0.385. The average Bonchev–Trinajstić information content (AvgIpc) is 2.54. The standard InChI is InChI=1S/C16H21FN2O4/c17-12-6-7-15(19(22)23)13(10-12)16(21)18-14(8-9-20)11-4-2-1-3-5-11/h6-7,10-11,14,20H,1-5,8-9H2,(H,18,21). The molecule has 0 bridgehead atoms. The molecule has 1 aliphatic rings. The Morgan fingerprint density at radius 1 is 1.39 bits per heavy atom. The molecule has 1 fully saturated rings. The molecule has 2 N–H and O–H groups in total. The molecule has 0 heterocycles. The van der Waals surface area contributed by atoms with Crippen molar-refractivity contribution in [3.63, 3.8) is 0 Å². The number of halogens is 1. The van der Waals surface area contributed by atoms with Gasteiger partial charge in [0.15, 0.2) is 0 Å². The molecular weight excluding hydrogens is 303 g/mol. The van der Waals surface area contributed by atoms with Gasteiger partial charge < -0.3 is 10.4 Å². The summed E-state index contributed by atoms with van der Waals surface area (Å²) in [6.07, 6.45) is 5.60. The van der Waals surface area contributed by atoms with Crippen LogP contribution in [0.1, 0.15) is 48.9 Å². The molecule has 0 aromatic heterocycles. The summed E-state index contributed by atoms with van der Waals surface area (Å²) in [5.41, 5.74) is -0.705. The maximum Gasteiger partial charge on any atom is 0.282 e. The highest BCUT2D eigenvalue weighted by Crippen LogP contribution is 2.28. The highest BCUT2D eigenvalue weighted by Gasteiger charge is 2.28. The van der Waals surface area contributed by atoms with E-state index in [1.54, 1.807) is 0 Å². The summed E-state index contributed by atoms with van der Waals surface area (Å²) in [4.78, 5) is 22.7. The van der Waals surface area contributed by atoms with Gasteiger partial charge in [0.05, 0.1) is 4.92 Å². The van der Waals surface area contributed by atoms with E-state index in [9.17, 15) is 24.4 Å². The molecule has 6 nitrogen and oxygen atoms in total. The van der Waals surface area contributed by atoms with E-state index in [1.807, 2.05) is 0 Å². The summed E-state index contributed by atoms with van der Waals surface area (Å²) in [5, 5.41) is 23.0. The molecule has 1 aliphatic carbocycles. The summed E-state index contributed by atoms with van der Waals surface area (Å²) in [7, 11) is 0. The number of nitrogens with zero attached hydrogens (tertiary/aromatic N) is 1. The molecule has 0 spiro atoms. The van der Waals surface area contributed by atoms with Crippen LogP contribution in [0.4, 0.5) is 10.1 Å². The minimum Gasteiger partial charge on any atom is -0.396 e. The minimum atomic E-state index is -0.698. The third kappa shape index (κ3) is 4.48. The summed E-state index contributed by atoms with van der Waals surface area (Å²) >= 11 is 0. The van der Waals surface area contributed by atoms with E-state index in [2.05, 4.69) is 5.32 Å². The van der Waals surface area contributed by atoms with Crippen LogP contribution in [-0.2, 0) is 0 Å². The summed E-state index contributed by atoms with van der Waals surface area (Å²) in [5.74, 6) is -1.12. The number of aliphatic hydroxyl groups is 1. The van der Waals surface area contributed by atoms with Crippen LogP contribution in [0.25, 0.3) is 0 Å². The lowest BCUT2D eigenvalue weighted by Gasteiger charge is -2.30. The predicted molar refractivity (Wildman–Crippen MR) is 82.6 cm³/mol. The smallest absolute Gasteiger partial charge is 0.282 e. The Bertz CT molecular complexity index is 573. The highest BCUT2D eigenvalue weighted by atomic mass is 19.1. The molecule has 0 radical (unpaired) electrons. The first-order valence-corrected chi connectivity index (χ1v) is 7.88. The Kier molecular flexibility index (Phi) is 6.04. The summed E-state index contributed by atoms with van der Waals surface area (Å²) in [6.45, 7) is -0.0767. The Morgan fingerprint density at radius 3 is 2.70 bits per heavy atom. The first kappa shape index (κ1) is 17.3. The van der Waals surface area contributed by atoms with Gasteiger partial charge in [-0.15, -0.1) is 0 Å². The zero-order valence-corrected chi connectivity index (χ0v) is 12.8. The van der Waals surface area contributed by atoms with Crippen molar-refractivity contribution < 1.29 is 19.2 Å². The molecule has 7 heteroatoms. The third-order valence-corrected chi connectivity index (χ3v) is 4.38. The molecule has 126 valence electrons. The van der Waals surface area contributed by atoms with Crippen molar-refractivity contribution in [1.29, 1.82) is 0 Å². The second-order valence-electron chi connectivity index (χ2n) is 5.91. The predicted octanol–water partition coefficient (Wildman–Crippen LogP) is 2.80. The molecule has 1 saturated carbocycles. The van der Waals surface area contributed by atoms with Crippen LogP contribution in [0.5, 0.6) is 0 Å². The van der Waals surface area contributed by atoms with Gasteiger partial charge in [-0.2, -0.15) is 0 Å². The van der Waals surface area contributed by atoms with Crippen LogP contribution < -0.4 is 5.32 Å². The molecule has 1 amide bonds. The topological polar surface area (TPSA) is 92.5 Å². The van der Waals surface area contributed by atoms with E-state index >= 15 is 0 Å². The first-order chi connectivity index (χ1) is 11.0. The van der Waals surface area contributed by atoms with E-state index < -0.39 is 22.3 Å². The van der Waals surface area contributed by atoms with Gasteiger partial charge in [-0.25, -0.2) is 4.39 Å². The van der Waals surface area contributed by atoms with Crippen molar-refractivity contribution in [1.82, 2.24) is 5.32 Å². The van der Waals surface area contributed by atoms with Crippen LogP contribution in [0.15, 0.2) is 18.2 Å². The molecular formula is C16H21FN2O4. The fourth-order valence-corrected chi connectivity index (χ4v) is 3.20. The molecule has 0 aliphatic heterocycles. The van der Waals surface area contributed by atoms with Crippen LogP contribution in [0.3, 0.4) is 0 Å². The number of amides is 1. The van der Waals surface area contributed by atoms with Crippen LogP contribution >= 0.6 is 0 Å². The molecule has 23 heavy (non-hydrogen) atoms. The quantitative estimate of drug-likeness (QED) is 0.621. The molecule has 1 aromatic rings. The number of benzene rings is 1. The lowest BCUT2D eigenvalue weighted by atomic mass is 9.82. The van der Waals surface area contributed by atoms with E-state index in [0.29, 0.717) is 6.42 Å². The van der Waals surface area contributed by atoms with Crippen molar-refractivity contribution in [2.45, 2.75) is 44.6 Å². The number of hydrogen-bond donors (Lipinski definition) is 2. The molecule has 1 atom stereocenters. The number of rotatable bonds is 6. The van der Waals surface area contributed by atoms with Crippen molar-refractivity contribution in [2.75, 3.05) is 6.61 Å². The number of aliphatic hydroxyl groups excluding tert-OH is 1. The number of hydrogen-bond acceptors (Lipinski definition) is 4. The average molecular weight is 324 g/mol. The number of carbonyl (C=O) groups excluding carboxylic acids is 1. The van der Waals surface area contributed by atoms with Crippen LogP contribution in [-0.4, -0.2) is 28.6 Å². The largest absolute Gasteiger partial charge is 0.396 e. The van der Waals surface area contributed by atoms with Crippen LogP contribution in [0.2, 0.25) is 0 Å². The first-order valence-electron chi connectivity index (χ1n) is 7.88. The van der Waals surface area contributed by atoms with E-state index in [0.717, 1.165) is 50.3 Å². The fraction of sp³-hybridized carbons (Fsp3) is 0.562. The summed E-state index contributed by atoms with van der Waals surface area (Å²) < 4.78 is 13.4. The second-order valence-corrected chi connectivity index (χ2v) is 5.91. The van der Waals surface area contributed by atoms with Crippen molar-refractivity contribution in [2.24, 2.45) is 5.92 Å². The maximum absolute atomic E-state index is 13.4. The molecule has 1 unspecified atom stereocenters. The van der Waals surface area contributed by atoms with Crippen molar-refractivity contribution in [3.8, 4) is 0 Å². The zero-order chi connectivity index (χ0) is 16.8. The van der Waals surface area contributed by atoms with Gasteiger partial charge in [-0.3, -0.25) is 14.9 Å². The van der Waals surface area contributed by atoms with Gasteiger partial charge in [-0.05, 0) is 37.3 Å². The van der Waals surface area contributed by atoms with E-state index in [-0.39, 0.29) is 24.1 Å². The van der Waals surface area contributed by atoms with Gasteiger partial charge in [0, 0.05) is 18.7 Å². The van der Waals surface area contributed by atoms with Crippen molar-refractivity contribution >= 4 is 11.6 Å². The second kappa shape index (κ2) is 8.01. The Hall–Kier alpha value is -2.02. The number of nitro groups is 1. The van der Waals surface area contributed by atoms with Gasteiger partial charge in [0.2, 0.25) is 0 Å². The van der Waals surface area contributed by atoms with Gasteiger partial charge in [0.1, 0.15) is 11.4 Å². The van der Waals surface area contributed by atoms with Gasteiger partial charge >= 0.3 is 0 Å². The highest BCUT2D eigenvalue weighted by molar-refractivity contribution is 5.98. The number of carbonyl (C=O) groups is 1. The van der Waals surface area contributed by atoms with Crippen molar-refractivity contribution in [3.05, 3.63) is 39.7 Å². The lowest BCUT2D eigenvalue weighted by Crippen LogP contribution is -2.42. The molecule has 2 rings (SSSR count). The fourth-order valence-electron chi connectivity index (χ4n) is 3.20. The van der Waals surface area contributed by atoms with Gasteiger partial charge in [0.25, 0.3) is 11.6 Å². The SMILES string of the molecule is O=C(NC(CCO)C1CCCCC1)c1cc(F)ccc1[N+](=O)[O-]. The molecule has 0 saturated heterocycles. The normalized spacial score (nSPS) is 16.8. The van der Waals surface area contributed by atoms with E-state index in [4.69, 9.17) is 0 Å². The number of nitro benzene ring substituents is 1. The summed E-state index contributed by atoms with van der Waals surface area (Å²) in [6, 6.07) is 2.58. The maximum atomic E-state index is 13.4. The third-order valence-electron chi connectivity index (χ3n) is 4.38. The molecule has 1 aromatic carbocycles. The Balaban J connectivity index is 2.18. The number of nitrogens with one attached hydrogen (secondary N) is 1. The van der Waals surface area contributed by atoms with E-state index in [1.165, 1.54) is 0 Å². The van der Waals surface area contributed by atoms with Crippen LogP contribution in [0, 0.1) is 21.8 Å². The zero-order valence-electron chi connectivity index (χ0n) is 12.8. The van der Waals surface area contributed by atoms with Gasteiger partial charge in [-0.1, -0.05) is 19.3 Å².